The van der Waals surface area contributed by atoms with Crippen LogP contribution in [0.15, 0.2) is 48.5 Å². The summed E-state index contributed by atoms with van der Waals surface area (Å²) in [6, 6.07) is 14.8. The molecule has 1 saturated heterocycles. The van der Waals surface area contributed by atoms with Gasteiger partial charge in [0, 0.05) is 18.8 Å². The Labute approximate surface area is 135 Å². The molecule has 0 aliphatic carbocycles. The van der Waals surface area contributed by atoms with E-state index in [1.165, 1.54) is 24.2 Å². The summed E-state index contributed by atoms with van der Waals surface area (Å²) in [6.07, 6.45) is 3.66. The lowest BCUT2D eigenvalue weighted by Gasteiger charge is -2.29. The first-order valence-corrected chi connectivity index (χ1v) is 8.08. The summed E-state index contributed by atoms with van der Waals surface area (Å²) in [4.78, 5) is 28.8. The molecule has 4 heteroatoms. The second-order valence-corrected chi connectivity index (χ2v) is 6.06. The fourth-order valence-electron chi connectivity index (χ4n) is 3.40. The molecule has 116 valence electrons. The maximum Gasteiger partial charge on any atom is 0.266 e. The number of hydrogen-bond acceptors (Lipinski definition) is 3. The molecule has 2 aliphatic rings. The molecule has 2 aliphatic heterocycles. The maximum absolute atomic E-state index is 12.6. The van der Waals surface area contributed by atoms with Crippen LogP contribution < -0.4 is 9.80 Å². The van der Waals surface area contributed by atoms with Crippen molar-refractivity contribution >= 4 is 23.2 Å². The molecule has 0 N–H and O–H groups in total. The lowest BCUT2D eigenvalue weighted by atomic mass is 10.1. The van der Waals surface area contributed by atoms with Gasteiger partial charge in [-0.15, -0.1) is 0 Å². The van der Waals surface area contributed by atoms with Gasteiger partial charge in [-0.3, -0.25) is 9.59 Å². The van der Waals surface area contributed by atoms with Gasteiger partial charge in [0.1, 0.15) is 0 Å². The van der Waals surface area contributed by atoms with Crippen molar-refractivity contribution in [2.75, 3.05) is 22.9 Å². The van der Waals surface area contributed by atoms with Crippen molar-refractivity contribution in [2.24, 2.45) is 0 Å². The number of anilines is 2. The number of amides is 2. The maximum atomic E-state index is 12.6. The average Bonchev–Trinajstić information content (AvgIpc) is 2.87. The molecule has 0 saturated carbocycles. The van der Waals surface area contributed by atoms with Crippen molar-refractivity contribution in [3.63, 3.8) is 0 Å². The monoisotopic (exact) mass is 306 g/mol. The Morgan fingerprint density at radius 2 is 1.30 bits per heavy atom. The van der Waals surface area contributed by atoms with Crippen LogP contribution in [-0.4, -0.2) is 24.9 Å². The summed E-state index contributed by atoms with van der Waals surface area (Å²) in [7, 11) is 0. The molecule has 0 radical (unpaired) electrons. The van der Waals surface area contributed by atoms with E-state index in [0.29, 0.717) is 16.8 Å². The van der Waals surface area contributed by atoms with Crippen LogP contribution in [0.2, 0.25) is 0 Å². The molecule has 0 atom stereocenters. The summed E-state index contributed by atoms with van der Waals surface area (Å²) >= 11 is 0. The topological polar surface area (TPSA) is 40.6 Å². The molecule has 1 fully saturated rings. The number of benzene rings is 2. The highest BCUT2D eigenvalue weighted by Crippen LogP contribution is 2.31. The molecule has 2 heterocycles. The van der Waals surface area contributed by atoms with Crippen LogP contribution in [-0.2, 0) is 0 Å². The third-order valence-electron chi connectivity index (χ3n) is 4.60. The molecule has 0 bridgehead atoms. The van der Waals surface area contributed by atoms with Crippen molar-refractivity contribution in [3.05, 3.63) is 59.7 Å². The van der Waals surface area contributed by atoms with E-state index in [0.717, 1.165) is 18.8 Å². The molecule has 2 aromatic rings. The third kappa shape index (κ3) is 2.31. The molecule has 4 nitrogen and oxygen atoms in total. The Morgan fingerprint density at radius 1 is 0.696 bits per heavy atom. The fourth-order valence-corrected chi connectivity index (χ4v) is 3.40. The second-order valence-electron chi connectivity index (χ2n) is 6.06. The molecular formula is C19H18N2O2. The van der Waals surface area contributed by atoms with Gasteiger partial charge in [-0.25, -0.2) is 4.90 Å². The van der Waals surface area contributed by atoms with Crippen LogP contribution in [0.5, 0.6) is 0 Å². The zero-order valence-electron chi connectivity index (χ0n) is 12.9. The number of hydrogen-bond donors (Lipinski definition) is 0. The molecule has 0 aromatic heterocycles. The Morgan fingerprint density at radius 3 is 1.96 bits per heavy atom. The van der Waals surface area contributed by atoms with Gasteiger partial charge >= 0.3 is 0 Å². The lowest BCUT2D eigenvalue weighted by Crippen LogP contribution is -2.31. The molecule has 4 rings (SSSR count). The minimum Gasteiger partial charge on any atom is -0.371 e. The number of carbonyl (C=O) groups excluding carboxylic acids is 2. The Balaban J connectivity index is 1.69. The number of nitrogens with zero attached hydrogens (tertiary/aromatic N) is 2. The van der Waals surface area contributed by atoms with Crippen LogP contribution in [0.3, 0.4) is 0 Å². The van der Waals surface area contributed by atoms with E-state index in [-0.39, 0.29) is 11.8 Å². The first kappa shape index (κ1) is 14.0. The first-order chi connectivity index (χ1) is 11.3. The van der Waals surface area contributed by atoms with E-state index < -0.39 is 0 Å². The smallest absolute Gasteiger partial charge is 0.266 e. The van der Waals surface area contributed by atoms with Crippen molar-refractivity contribution < 1.29 is 9.59 Å². The normalized spacial score (nSPS) is 17.6. The van der Waals surface area contributed by atoms with Gasteiger partial charge in [-0.05, 0) is 49.6 Å². The van der Waals surface area contributed by atoms with E-state index in [1.54, 1.807) is 24.3 Å². The number of rotatable bonds is 2. The molecule has 0 unspecified atom stereocenters. The van der Waals surface area contributed by atoms with Crippen LogP contribution in [0, 0.1) is 0 Å². The molecule has 2 amide bonds. The number of imide groups is 1. The van der Waals surface area contributed by atoms with E-state index in [4.69, 9.17) is 0 Å². The standard InChI is InChI=1S/C19H18N2O2/c22-18-16-9-2-3-10-17(16)19(23)21(18)15-8-6-7-14(13-15)20-11-4-1-5-12-20/h2-3,6-10,13H,1,4-5,11-12H2. The van der Waals surface area contributed by atoms with Gasteiger partial charge in [0.2, 0.25) is 0 Å². The average molecular weight is 306 g/mol. The SMILES string of the molecule is O=C1c2ccccc2C(=O)N1c1cccc(N2CCCCC2)c1. The predicted molar refractivity (Wildman–Crippen MR) is 90.1 cm³/mol. The summed E-state index contributed by atoms with van der Waals surface area (Å²) in [5.74, 6) is -0.470. The zero-order valence-corrected chi connectivity index (χ0v) is 12.9. The zero-order chi connectivity index (χ0) is 15.8. The summed E-state index contributed by atoms with van der Waals surface area (Å²) in [5, 5.41) is 0. The summed E-state index contributed by atoms with van der Waals surface area (Å²) in [6.45, 7) is 2.07. The molecule has 2 aromatic carbocycles. The van der Waals surface area contributed by atoms with Crippen LogP contribution in [0.1, 0.15) is 40.0 Å². The number of carbonyl (C=O) groups is 2. The highest BCUT2D eigenvalue weighted by Gasteiger charge is 2.36. The minimum absolute atomic E-state index is 0.235. The van der Waals surface area contributed by atoms with Gasteiger partial charge in [-0.1, -0.05) is 18.2 Å². The van der Waals surface area contributed by atoms with Crippen molar-refractivity contribution in [1.29, 1.82) is 0 Å². The van der Waals surface area contributed by atoms with Crippen molar-refractivity contribution in [3.8, 4) is 0 Å². The van der Waals surface area contributed by atoms with Crippen LogP contribution in [0.4, 0.5) is 11.4 Å². The van der Waals surface area contributed by atoms with Crippen LogP contribution in [0.25, 0.3) is 0 Å². The number of piperidine rings is 1. The summed E-state index contributed by atoms with van der Waals surface area (Å²) in [5.41, 5.74) is 2.71. The van der Waals surface area contributed by atoms with Gasteiger partial charge in [0.05, 0.1) is 16.8 Å². The van der Waals surface area contributed by atoms with Crippen LogP contribution >= 0.6 is 0 Å². The van der Waals surface area contributed by atoms with Gasteiger partial charge in [0.15, 0.2) is 0 Å². The minimum atomic E-state index is -0.235. The van der Waals surface area contributed by atoms with Crippen molar-refractivity contribution in [2.45, 2.75) is 19.3 Å². The third-order valence-corrected chi connectivity index (χ3v) is 4.60. The molecule has 0 spiro atoms. The Bertz CT molecular complexity index is 743. The Hall–Kier alpha value is -2.62. The highest BCUT2D eigenvalue weighted by atomic mass is 16.2. The van der Waals surface area contributed by atoms with E-state index in [9.17, 15) is 9.59 Å². The summed E-state index contributed by atoms with van der Waals surface area (Å²) < 4.78 is 0. The van der Waals surface area contributed by atoms with Gasteiger partial charge in [-0.2, -0.15) is 0 Å². The van der Waals surface area contributed by atoms with Gasteiger partial charge < -0.3 is 4.90 Å². The predicted octanol–water partition coefficient (Wildman–Crippen LogP) is 3.48. The van der Waals surface area contributed by atoms with E-state index in [2.05, 4.69) is 4.90 Å². The second kappa shape index (κ2) is 5.54. The Kier molecular flexibility index (Phi) is 3.37. The van der Waals surface area contributed by atoms with E-state index in [1.807, 2.05) is 24.3 Å². The number of fused-ring (bicyclic) bond motifs is 1. The quantitative estimate of drug-likeness (QED) is 0.798. The fraction of sp³-hybridized carbons (Fsp3) is 0.263. The van der Waals surface area contributed by atoms with Crippen molar-refractivity contribution in [1.82, 2.24) is 0 Å². The highest BCUT2D eigenvalue weighted by molar-refractivity contribution is 6.34. The molecular weight excluding hydrogens is 288 g/mol. The largest absolute Gasteiger partial charge is 0.371 e. The van der Waals surface area contributed by atoms with E-state index >= 15 is 0 Å². The lowest BCUT2D eigenvalue weighted by molar-refractivity contribution is 0.0926. The molecule has 23 heavy (non-hydrogen) atoms. The van der Waals surface area contributed by atoms with Gasteiger partial charge in [0.25, 0.3) is 11.8 Å². The first-order valence-electron chi connectivity index (χ1n) is 8.08.